The summed E-state index contributed by atoms with van der Waals surface area (Å²) in [5, 5.41) is 8.70. The first kappa shape index (κ1) is 11.7. The van der Waals surface area contributed by atoms with Crippen LogP contribution in [0.5, 0.6) is 0 Å². The maximum Gasteiger partial charge on any atom is 0.328 e. The second-order valence-electron chi connectivity index (χ2n) is 2.85. The van der Waals surface area contributed by atoms with E-state index in [9.17, 15) is 9.59 Å². The molecular weight excluding hydrogens is 260 g/mol. The highest BCUT2D eigenvalue weighted by atomic mass is 79.9. The van der Waals surface area contributed by atoms with E-state index in [1.807, 2.05) is 0 Å². The molecule has 0 aliphatic heterocycles. The van der Waals surface area contributed by atoms with Crippen LogP contribution in [0.25, 0.3) is 6.08 Å². The van der Waals surface area contributed by atoms with Crippen molar-refractivity contribution in [3.05, 3.63) is 41.5 Å². The normalized spacial score (nSPS) is 10.5. The molecule has 1 aromatic rings. The smallest absolute Gasteiger partial charge is 0.328 e. The SMILES string of the molecule is O=C(O)C=Cc1cccc(C(=O)CBr)c1. The minimum atomic E-state index is -1.01. The number of carbonyl (C=O) groups excluding carboxylic acids is 1. The fourth-order valence-electron chi connectivity index (χ4n) is 1.06. The van der Waals surface area contributed by atoms with Gasteiger partial charge in [0.2, 0.25) is 0 Å². The van der Waals surface area contributed by atoms with E-state index in [1.54, 1.807) is 24.3 Å². The van der Waals surface area contributed by atoms with Gasteiger partial charge in [-0.25, -0.2) is 4.79 Å². The molecule has 15 heavy (non-hydrogen) atoms. The van der Waals surface area contributed by atoms with Crippen LogP contribution in [0.15, 0.2) is 30.3 Å². The van der Waals surface area contributed by atoms with Crippen LogP contribution < -0.4 is 0 Å². The highest BCUT2D eigenvalue weighted by Gasteiger charge is 2.02. The molecule has 0 saturated carbocycles. The summed E-state index contributed by atoms with van der Waals surface area (Å²) in [6.07, 6.45) is 2.49. The number of Topliss-reactive ketones (excluding diaryl/α,β-unsaturated/α-hetero) is 1. The summed E-state index contributed by atoms with van der Waals surface area (Å²) in [7, 11) is 0. The van der Waals surface area contributed by atoms with Crippen LogP contribution in [0.1, 0.15) is 15.9 Å². The zero-order valence-electron chi connectivity index (χ0n) is 7.81. The molecule has 1 rings (SSSR count). The molecule has 0 heterocycles. The van der Waals surface area contributed by atoms with Gasteiger partial charge >= 0.3 is 5.97 Å². The first-order valence-electron chi connectivity index (χ1n) is 4.23. The molecule has 0 aliphatic carbocycles. The molecule has 0 saturated heterocycles. The summed E-state index contributed by atoms with van der Waals surface area (Å²) in [6.45, 7) is 0. The topological polar surface area (TPSA) is 54.4 Å². The minimum absolute atomic E-state index is 0.0272. The fraction of sp³-hybridized carbons (Fsp3) is 0.0909. The Labute approximate surface area is 95.6 Å². The summed E-state index contributed by atoms with van der Waals surface area (Å²) in [6, 6.07) is 6.81. The third-order valence-corrected chi connectivity index (χ3v) is 2.26. The molecule has 0 radical (unpaired) electrons. The van der Waals surface area contributed by atoms with E-state index in [0.29, 0.717) is 11.1 Å². The number of rotatable bonds is 4. The fourth-order valence-corrected chi connectivity index (χ4v) is 1.38. The van der Waals surface area contributed by atoms with Gasteiger partial charge in [-0.05, 0) is 17.7 Å². The second kappa shape index (κ2) is 5.46. The van der Waals surface area contributed by atoms with Crippen molar-refractivity contribution in [1.82, 2.24) is 0 Å². The molecule has 0 fully saturated rings. The molecule has 0 atom stereocenters. The zero-order valence-corrected chi connectivity index (χ0v) is 9.40. The van der Waals surface area contributed by atoms with Crippen molar-refractivity contribution in [3.63, 3.8) is 0 Å². The Balaban J connectivity index is 2.92. The third kappa shape index (κ3) is 3.67. The Kier molecular flexibility index (Phi) is 4.24. The van der Waals surface area contributed by atoms with Gasteiger partial charge in [0.05, 0.1) is 5.33 Å². The van der Waals surface area contributed by atoms with E-state index in [4.69, 9.17) is 5.11 Å². The number of ketones is 1. The van der Waals surface area contributed by atoms with Crippen LogP contribution in [-0.4, -0.2) is 22.2 Å². The zero-order chi connectivity index (χ0) is 11.3. The van der Waals surface area contributed by atoms with Crippen molar-refractivity contribution in [3.8, 4) is 0 Å². The molecule has 0 aliphatic rings. The molecule has 1 aromatic carbocycles. The Morgan fingerprint density at radius 3 is 2.73 bits per heavy atom. The largest absolute Gasteiger partial charge is 0.478 e. The lowest BCUT2D eigenvalue weighted by molar-refractivity contribution is -0.131. The van der Waals surface area contributed by atoms with Crippen molar-refractivity contribution in [1.29, 1.82) is 0 Å². The van der Waals surface area contributed by atoms with Gasteiger partial charge < -0.3 is 5.11 Å². The molecule has 0 unspecified atom stereocenters. The number of halogens is 1. The molecule has 4 heteroatoms. The monoisotopic (exact) mass is 268 g/mol. The van der Waals surface area contributed by atoms with Gasteiger partial charge in [-0.3, -0.25) is 4.79 Å². The minimum Gasteiger partial charge on any atom is -0.478 e. The number of carboxylic acid groups (broad SMARTS) is 1. The lowest BCUT2D eigenvalue weighted by atomic mass is 10.1. The molecule has 0 bridgehead atoms. The number of hydrogen-bond acceptors (Lipinski definition) is 2. The van der Waals surface area contributed by atoms with E-state index in [-0.39, 0.29) is 11.1 Å². The number of benzene rings is 1. The van der Waals surface area contributed by atoms with E-state index in [1.165, 1.54) is 6.08 Å². The average Bonchev–Trinajstić information content (AvgIpc) is 2.25. The number of carboxylic acids is 1. The van der Waals surface area contributed by atoms with Crippen LogP contribution in [0.3, 0.4) is 0 Å². The van der Waals surface area contributed by atoms with Crippen LogP contribution >= 0.6 is 15.9 Å². The lowest BCUT2D eigenvalue weighted by Gasteiger charge is -1.98. The quantitative estimate of drug-likeness (QED) is 0.518. The van der Waals surface area contributed by atoms with Gasteiger partial charge in [0.1, 0.15) is 0 Å². The van der Waals surface area contributed by atoms with E-state index in [0.717, 1.165) is 6.08 Å². The van der Waals surface area contributed by atoms with E-state index in [2.05, 4.69) is 15.9 Å². The molecular formula is C11H9BrO3. The number of hydrogen-bond donors (Lipinski definition) is 1. The first-order chi connectivity index (χ1) is 7.13. The van der Waals surface area contributed by atoms with E-state index < -0.39 is 5.97 Å². The van der Waals surface area contributed by atoms with Gasteiger partial charge in [-0.2, -0.15) is 0 Å². The van der Waals surface area contributed by atoms with Gasteiger partial charge in [0.15, 0.2) is 5.78 Å². The Hall–Kier alpha value is -1.42. The Morgan fingerprint density at radius 2 is 2.13 bits per heavy atom. The standard InChI is InChI=1S/C11H9BrO3/c12-7-10(13)9-3-1-2-8(6-9)4-5-11(14)15/h1-6H,7H2,(H,14,15). The van der Waals surface area contributed by atoms with Crippen LogP contribution in [0.2, 0.25) is 0 Å². The molecule has 3 nitrogen and oxygen atoms in total. The number of carbonyl (C=O) groups is 2. The molecule has 0 aromatic heterocycles. The van der Waals surface area contributed by atoms with Gasteiger partial charge in [0.25, 0.3) is 0 Å². The highest BCUT2D eigenvalue weighted by molar-refractivity contribution is 9.09. The first-order valence-corrected chi connectivity index (χ1v) is 5.36. The summed E-state index contributed by atoms with van der Waals surface area (Å²) in [5.74, 6) is -1.03. The van der Waals surface area contributed by atoms with Gasteiger partial charge in [-0.1, -0.05) is 34.1 Å². The van der Waals surface area contributed by atoms with Crippen molar-refractivity contribution in [2.45, 2.75) is 0 Å². The highest BCUT2D eigenvalue weighted by Crippen LogP contribution is 2.08. The number of aliphatic carboxylic acids is 1. The number of alkyl halides is 1. The second-order valence-corrected chi connectivity index (χ2v) is 3.41. The molecule has 78 valence electrons. The van der Waals surface area contributed by atoms with E-state index >= 15 is 0 Å². The molecule has 0 spiro atoms. The summed E-state index contributed by atoms with van der Waals surface area (Å²) in [5.41, 5.74) is 1.27. The van der Waals surface area contributed by atoms with Gasteiger partial charge in [-0.15, -0.1) is 0 Å². The van der Waals surface area contributed by atoms with Crippen molar-refractivity contribution in [2.75, 3.05) is 5.33 Å². The predicted octanol–water partition coefficient (Wildman–Crippen LogP) is 2.36. The predicted molar refractivity (Wildman–Crippen MR) is 61.2 cm³/mol. The van der Waals surface area contributed by atoms with Crippen molar-refractivity contribution >= 4 is 33.8 Å². The molecule has 1 N–H and O–H groups in total. The van der Waals surface area contributed by atoms with Crippen LogP contribution in [-0.2, 0) is 4.79 Å². The van der Waals surface area contributed by atoms with Gasteiger partial charge in [0, 0.05) is 11.6 Å². The summed E-state index contributed by atoms with van der Waals surface area (Å²) >= 11 is 3.08. The Bertz CT molecular complexity index is 410. The summed E-state index contributed by atoms with van der Waals surface area (Å²) < 4.78 is 0. The lowest BCUT2D eigenvalue weighted by Crippen LogP contribution is -1.99. The van der Waals surface area contributed by atoms with Crippen LogP contribution in [0, 0.1) is 0 Å². The molecule has 0 amide bonds. The van der Waals surface area contributed by atoms with Crippen LogP contribution in [0.4, 0.5) is 0 Å². The van der Waals surface area contributed by atoms with Crippen molar-refractivity contribution < 1.29 is 14.7 Å². The van der Waals surface area contributed by atoms with Crippen molar-refractivity contribution in [2.24, 2.45) is 0 Å². The third-order valence-electron chi connectivity index (χ3n) is 1.75. The maximum atomic E-state index is 11.3. The maximum absolute atomic E-state index is 11.3. The average molecular weight is 269 g/mol. The summed E-state index contributed by atoms with van der Waals surface area (Å²) in [4.78, 5) is 21.6. The Morgan fingerprint density at radius 1 is 1.40 bits per heavy atom.